The lowest BCUT2D eigenvalue weighted by Gasteiger charge is -2.01. The van der Waals surface area contributed by atoms with Crippen LogP contribution in [0.1, 0.15) is 20.3 Å². The van der Waals surface area contributed by atoms with E-state index in [0.717, 1.165) is 26.2 Å². The van der Waals surface area contributed by atoms with Gasteiger partial charge in [0, 0.05) is 0 Å². The van der Waals surface area contributed by atoms with Gasteiger partial charge in [0.25, 0.3) is 0 Å². The van der Waals surface area contributed by atoms with Crippen LogP contribution in [0, 0.1) is 0 Å². The minimum Gasteiger partial charge on any atom is -0.350 e. The SMILES string of the molecule is CCC1OCCO1.CCN. The molecule has 0 unspecified atom stereocenters. The van der Waals surface area contributed by atoms with Crippen LogP contribution in [-0.4, -0.2) is 26.0 Å². The number of nitrogens with two attached hydrogens (primary N) is 1. The van der Waals surface area contributed by atoms with Crippen LogP contribution in [0.5, 0.6) is 0 Å². The molecule has 1 saturated heterocycles. The quantitative estimate of drug-likeness (QED) is 0.594. The fourth-order valence-electron chi connectivity index (χ4n) is 0.643. The zero-order valence-corrected chi connectivity index (χ0v) is 6.80. The number of hydrogen-bond donors (Lipinski definition) is 1. The van der Waals surface area contributed by atoms with Crippen molar-refractivity contribution in [1.29, 1.82) is 0 Å². The average molecular weight is 147 g/mol. The Bertz CT molecular complexity index is 62.6. The van der Waals surface area contributed by atoms with Crippen LogP contribution in [0.15, 0.2) is 0 Å². The Labute approximate surface area is 62.5 Å². The third-order valence-corrected chi connectivity index (χ3v) is 1.02. The van der Waals surface area contributed by atoms with Crippen molar-refractivity contribution in [2.45, 2.75) is 26.6 Å². The first-order valence-electron chi connectivity index (χ1n) is 3.78. The van der Waals surface area contributed by atoms with Crippen molar-refractivity contribution in [3.05, 3.63) is 0 Å². The van der Waals surface area contributed by atoms with E-state index in [9.17, 15) is 0 Å². The van der Waals surface area contributed by atoms with Crippen molar-refractivity contribution in [3.63, 3.8) is 0 Å². The monoisotopic (exact) mass is 147 g/mol. The predicted octanol–water partition coefficient (Wildman–Crippen LogP) is 0.734. The molecule has 0 radical (unpaired) electrons. The summed E-state index contributed by atoms with van der Waals surface area (Å²) >= 11 is 0. The van der Waals surface area contributed by atoms with Gasteiger partial charge in [-0.25, -0.2) is 0 Å². The standard InChI is InChI=1S/C5H10O2.C2H7N/c1-2-5-6-3-4-7-5;1-2-3/h5H,2-4H2,1H3;2-3H2,1H3. The molecule has 0 spiro atoms. The molecule has 1 aliphatic rings. The van der Waals surface area contributed by atoms with Crippen LogP contribution < -0.4 is 5.73 Å². The van der Waals surface area contributed by atoms with Crippen LogP contribution in [0.3, 0.4) is 0 Å². The van der Waals surface area contributed by atoms with Gasteiger partial charge in [-0.2, -0.15) is 0 Å². The zero-order chi connectivity index (χ0) is 7.82. The molecule has 3 nitrogen and oxygen atoms in total. The maximum Gasteiger partial charge on any atom is 0.157 e. The molecule has 0 atom stereocenters. The van der Waals surface area contributed by atoms with E-state index in [1.54, 1.807) is 0 Å². The molecule has 1 rings (SSSR count). The average Bonchev–Trinajstić information content (AvgIpc) is 2.39. The second-order valence-corrected chi connectivity index (χ2v) is 1.99. The molecular weight excluding hydrogens is 130 g/mol. The van der Waals surface area contributed by atoms with E-state index < -0.39 is 0 Å². The highest BCUT2D eigenvalue weighted by molar-refractivity contribution is 4.46. The van der Waals surface area contributed by atoms with E-state index in [2.05, 4.69) is 6.92 Å². The third kappa shape index (κ3) is 4.73. The van der Waals surface area contributed by atoms with Crippen molar-refractivity contribution in [3.8, 4) is 0 Å². The van der Waals surface area contributed by atoms with Gasteiger partial charge in [-0.05, 0) is 13.0 Å². The summed E-state index contributed by atoms with van der Waals surface area (Å²) in [6.45, 7) is 6.26. The summed E-state index contributed by atoms with van der Waals surface area (Å²) in [6.07, 6.45) is 1.07. The van der Waals surface area contributed by atoms with E-state index in [4.69, 9.17) is 15.2 Å². The highest BCUT2D eigenvalue weighted by atomic mass is 16.7. The Balaban J connectivity index is 0.000000236. The van der Waals surface area contributed by atoms with Gasteiger partial charge < -0.3 is 15.2 Å². The zero-order valence-electron chi connectivity index (χ0n) is 6.80. The Kier molecular flexibility index (Phi) is 6.91. The van der Waals surface area contributed by atoms with Crippen LogP contribution in [-0.2, 0) is 9.47 Å². The van der Waals surface area contributed by atoms with Crippen molar-refractivity contribution in [1.82, 2.24) is 0 Å². The summed E-state index contributed by atoms with van der Waals surface area (Å²) < 4.78 is 10.2. The summed E-state index contributed by atoms with van der Waals surface area (Å²) in [7, 11) is 0. The Morgan fingerprint density at radius 2 is 1.70 bits per heavy atom. The summed E-state index contributed by atoms with van der Waals surface area (Å²) in [6, 6.07) is 0. The molecule has 0 aromatic carbocycles. The Morgan fingerprint density at radius 3 is 1.90 bits per heavy atom. The van der Waals surface area contributed by atoms with Crippen LogP contribution in [0.4, 0.5) is 0 Å². The maximum absolute atomic E-state index is 5.08. The second kappa shape index (κ2) is 6.99. The van der Waals surface area contributed by atoms with Gasteiger partial charge in [-0.15, -0.1) is 0 Å². The fourth-order valence-corrected chi connectivity index (χ4v) is 0.643. The van der Waals surface area contributed by atoms with Crippen molar-refractivity contribution >= 4 is 0 Å². The summed E-state index contributed by atoms with van der Waals surface area (Å²) in [4.78, 5) is 0. The highest BCUT2D eigenvalue weighted by Gasteiger charge is 2.11. The molecule has 0 amide bonds. The van der Waals surface area contributed by atoms with E-state index in [0.29, 0.717) is 0 Å². The van der Waals surface area contributed by atoms with Gasteiger partial charge in [0.2, 0.25) is 0 Å². The lowest BCUT2D eigenvalue weighted by atomic mass is 10.5. The molecule has 0 aliphatic carbocycles. The first-order valence-corrected chi connectivity index (χ1v) is 3.78. The van der Waals surface area contributed by atoms with Crippen molar-refractivity contribution in [2.75, 3.05) is 19.8 Å². The minimum atomic E-state index is 0.0972. The lowest BCUT2D eigenvalue weighted by molar-refractivity contribution is -0.0430. The molecule has 1 aliphatic heterocycles. The highest BCUT2D eigenvalue weighted by Crippen LogP contribution is 2.05. The van der Waals surface area contributed by atoms with Gasteiger partial charge in [0.15, 0.2) is 6.29 Å². The largest absolute Gasteiger partial charge is 0.350 e. The third-order valence-electron chi connectivity index (χ3n) is 1.02. The second-order valence-electron chi connectivity index (χ2n) is 1.99. The van der Waals surface area contributed by atoms with E-state index in [1.165, 1.54) is 0 Å². The van der Waals surface area contributed by atoms with Crippen LogP contribution in [0.2, 0.25) is 0 Å². The van der Waals surface area contributed by atoms with Crippen LogP contribution in [0.25, 0.3) is 0 Å². The molecule has 10 heavy (non-hydrogen) atoms. The number of hydrogen-bond acceptors (Lipinski definition) is 3. The maximum atomic E-state index is 5.08. The van der Waals surface area contributed by atoms with Gasteiger partial charge in [0.1, 0.15) is 0 Å². The first kappa shape index (κ1) is 9.88. The van der Waals surface area contributed by atoms with Gasteiger partial charge in [-0.3, -0.25) is 0 Å². The summed E-state index contributed by atoms with van der Waals surface area (Å²) in [5.74, 6) is 0. The van der Waals surface area contributed by atoms with Gasteiger partial charge in [-0.1, -0.05) is 13.8 Å². The van der Waals surface area contributed by atoms with Gasteiger partial charge in [0.05, 0.1) is 13.2 Å². The first-order chi connectivity index (χ1) is 4.85. The normalized spacial score (nSPS) is 18.3. The van der Waals surface area contributed by atoms with E-state index in [1.807, 2.05) is 6.92 Å². The van der Waals surface area contributed by atoms with Crippen LogP contribution >= 0.6 is 0 Å². The molecule has 1 heterocycles. The summed E-state index contributed by atoms with van der Waals surface area (Å²) in [5, 5.41) is 0. The summed E-state index contributed by atoms with van der Waals surface area (Å²) in [5.41, 5.74) is 4.85. The van der Waals surface area contributed by atoms with Crippen molar-refractivity contribution < 1.29 is 9.47 Å². The predicted molar refractivity (Wildman–Crippen MR) is 40.7 cm³/mol. The topological polar surface area (TPSA) is 44.5 Å². The fraction of sp³-hybridized carbons (Fsp3) is 1.00. The molecular formula is C7H17NO2. The Morgan fingerprint density at radius 1 is 1.30 bits per heavy atom. The molecule has 2 N–H and O–H groups in total. The molecule has 0 aromatic rings. The van der Waals surface area contributed by atoms with E-state index >= 15 is 0 Å². The van der Waals surface area contributed by atoms with Gasteiger partial charge >= 0.3 is 0 Å². The minimum absolute atomic E-state index is 0.0972. The lowest BCUT2D eigenvalue weighted by Crippen LogP contribution is -2.03. The molecule has 62 valence electrons. The molecule has 0 saturated carbocycles. The van der Waals surface area contributed by atoms with E-state index in [-0.39, 0.29) is 6.29 Å². The number of rotatable bonds is 1. The molecule has 0 aromatic heterocycles. The molecule has 0 bridgehead atoms. The molecule has 3 heteroatoms. The smallest absolute Gasteiger partial charge is 0.157 e. The number of ether oxygens (including phenoxy) is 2. The van der Waals surface area contributed by atoms with Crippen molar-refractivity contribution in [2.24, 2.45) is 5.73 Å². The molecule has 1 fully saturated rings. The Hall–Kier alpha value is -0.120.